The number of benzene rings is 1. The molecule has 5 heteroatoms. The van der Waals surface area contributed by atoms with Gasteiger partial charge in [0.05, 0.1) is 0 Å². The van der Waals surface area contributed by atoms with Crippen LogP contribution in [0.25, 0.3) is 0 Å². The second-order valence-corrected chi connectivity index (χ2v) is 5.01. The molecule has 0 aliphatic heterocycles. The predicted molar refractivity (Wildman–Crippen MR) is 71.8 cm³/mol. The van der Waals surface area contributed by atoms with Crippen LogP contribution < -0.4 is 11.1 Å². The first kappa shape index (κ1) is 13.2. The summed E-state index contributed by atoms with van der Waals surface area (Å²) in [4.78, 5) is 11.6. The van der Waals surface area contributed by atoms with Crippen molar-refractivity contribution in [3.63, 3.8) is 0 Å². The normalized spacial score (nSPS) is 23.4. The summed E-state index contributed by atoms with van der Waals surface area (Å²) in [7, 11) is 0. The molecule has 4 nitrogen and oxygen atoms in total. The molecule has 0 radical (unpaired) electrons. The Morgan fingerprint density at radius 3 is 2.44 bits per heavy atom. The number of carbonyl (C=O) groups is 1. The van der Waals surface area contributed by atoms with Gasteiger partial charge in [-0.25, -0.2) is 4.79 Å². The zero-order valence-electron chi connectivity index (χ0n) is 10.1. The maximum Gasteiger partial charge on any atom is 0.411 e. The average Bonchev–Trinajstić information content (AvgIpc) is 2.35. The number of amides is 1. The van der Waals surface area contributed by atoms with Gasteiger partial charge >= 0.3 is 6.09 Å². The number of hydrogen-bond donors (Lipinski definition) is 2. The van der Waals surface area contributed by atoms with Crippen LogP contribution in [0.15, 0.2) is 24.3 Å². The van der Waals surface area contributed by atoms with Gasteiger partial charge in [0, 0.05) is 16.8 Å². The molecule has 98 valence electrons. The van der Waals surface area contributed by atoms with Crippen LogP contribution in [0, 0.1) is 0 Å². The molecule has 0 aromatic heterocycles. The van der Waals surface area contributed by atoms with Crippen LogP contribution in [0.3, 0.4) is 0 Å². The first-order chi connectivity index (χ1) is 8.63. The summed E-state index contributed by atoms with van der Waals surface area (Å²) in [5, 5.41) is 3.31. The maximum absolute atomic E-state index is 11.6. The van der Waals surface area contributed by atoms with E-state index in [2.05, 4.69) is 5.32 Å². The van der Waals surface area contributed by atoms with Crippen molar-refractivity contribution >= 4 is 23.4 Å². The third-order valence-electron chi connectivity index (χ3n) is 3.08. The van der Waals surface area contributed by atoms with Crippen molar-refractivity contribution in [2.75, 3.05) is 5.32 Å². The second kappa shape index (κ2) is 6.07. The van der Waals surface area contributed by atoms with E-state index in [0.29, 0.717) is 10.7 Å². The third kappa shape index (κ3) is 3.89. The Kier molecular flexibility index (Phi) is 4.44. The molecule has 0 unspecified atom stereocenters. The molecule has 1 aliphatic carbocycles. The van der Waals surface area contributed by atoms with Crippen LogP contribution in [0.4, 0.5) is 10.5 Å². The van der Waals surface area contributed by atoms with Crippen molar-refractivity contribution in [2.45, 2.75) is 37.8 Å². The van der Waals surface area contributed by atoms with E-state index in [1.165, 1.54) is 0 Å². The van der Waals surface area contributed by atoms with Gasteiger partial charge in [0.1, 0.15) is 6.10 Å². The molecule has 1 aromatic rings. The number of rotatable bonds is 2. The molecule has 2 rings (SSSR count). The number of halogens is 1. The molecule has 1 saturated carbocycles. The summed E-state index contributed by atoms with van der Waals surface area (Å²) >= 11 is 5.76. The lowest BCUT2D eigenvalue weighted by atomic mass is 9.94. The summed E-state index contributed by atoms with van der Waals surface area (Å²) in [6, 6.07) is 7.16. The van der Waals surface area contributed by atoms with E-state index in [0.717, 1.165) is 25.7 Å². The first-order valence-electron chi connectivity index (χ1n) is 6.12. The van der Waals surface area contributed by atoms with Gasteiger partial charge in [0.25, 0.3) is 0 Å². The van der Waals surface area contributed by atoms with Gasteiger partial charge in [-0.15, -0.1) is 0 Å². The van der Waals surface area contributed by atoms with Gasteiger partial charge in [0.2, 0.25) is 0 Å². The predicted octanol–water partition coefficient (Wildman–Crippen LogP) is 3.16. The van der Waals surface area contributed by atoms with Crippen LogP contribution in [-0.2, 0) is 4.74 Å². The molecular formula is C13H17ClN2O2. The molecular weight excluding hydrogens is 252 g/mol. The van der Waals surface area contributed by atoms with E-state index in [9.17, 15) is 4.79 Å². The van der Waals surface area contributed by atoms with Crippen LogP contribution in [0.5, 0.6) is 0 Å². The molecule has 0 heterocycles. The number of hydrogen-bond acceptors (Lipinski definition) is 3. The van der Waals surface area contributed by atoms with Crippen molar-refractivity contribution < 1.29 is 9.53 Å². The molecule has 1 amide bonds. The average molecular weight is 269 g/mol. The largest absolute Gasteiger partial charge is 0.446 e. The number of ether oxygens (including phenoxy) is 1. The zero-order valence-corrected chi connectivity index (χ0v) is 10.8. The molecule has 18 heavy (non-hydrogen) atoms. The van der Waals surface area contributed by atoms with Gasteiger partial charge < -0.3 is 10.5 Å². The van der Waals surface area contributed by atoms with Crippen molar-refractivity contribution in [2.24, 2.45) is 5.73 Å². The topological polar surface area (TPSA) is 64.3 Å². The molecule has 0 bridgehead atoms. The highest BCUT2D eigenvalue weighted by Crippen LogP contribution is 2.20. The van der Waals surface area contributed by atoms with E-state index in [-0.39, 0.29) is 12.1 Å². The van der Waals surface area contributed by atoms with Gasteiger partial charge in [-0.2, -0.15) is 0 Å². The molecule has 0 spiro atoms. The number of nitrogens with two attached hydrogens (primary N) is 1. The quantitative estimate of drug-likeness (QED) is 0.866. The van der Waals surface area contributed by atoms with Crippen LogP contribution in [-0.4, -0.2) is 18.2 Å². The summed E-state index contributed by atoms with van der Waals surface area (Å²) in [6.45, 7) is 0. The fraction of sp³-hybridized carbons (Fsp3) is 0.462. The Bertz CT molecular complexity index is 400. The number of nitrogens with one attached hydrogen (secondary N) is 1. The zero-order chi connectivity index (χ0) is 13.0. The van der Waals surface area contributed by atoms with Gasteiger partial charge in [-0.3, -0.25) is 5.32 Å². The van der Waals surface area contributed by atoms with Crippen LogP contribution >= 0.6 is 11.6 Å². The van der Waals surface area contributed by atoms with Crippen LogP contribution in [0.2, 0.25) is 5.02 Å². The minimum Gasteiger partial charge on any atom is -0.446 e. The van der Waals surface area contributed by atoms with Gasteiger partial charge in [-0.1, -0.05) is 11.6 Å². The highest BCUT2D eigenvalue weighted by atomic mass is 35.5. The third-order valence-corrected chi connectivity index (χ3v) is 3.34. The molecule has 0 atom stereocenters. The smallest absolute Gasteiger partial charge is 0.411 e. The van der Waals surface area contributed by atoms with E-state index in [1.54, 1.807) is 24.3 Å². The molecule has 3 N–H and O–H groups in total. The first-order valence-corrected chi connectivity index (χ1v) is 6.50. The second-order valence-electron chi connectivity index (χ2n) is 4.57. The lowest BCUT2D eigenvalue weighted by Crippen LogP contribution is -2.32. The fourth-order valence-electron chi connectivity index (χ4n) is 2.04. The fourth-order valence-corrected chi connectivity index (χ4v) is 2.16. The van der Waals surface area contributed by atoms with Crippen molar-refractivity contribution in [3.05, 3.63) is 29.3 Å². The Morgan fingerprint density at radius 2 is 1.83 bits per heavy atom. The Morgan fingerprint density at radius 1 is 1.22 bits per heavy atom. The monoisotopic (exact) mass is 268 g/mol. The van der Waals surface area contributed by atoms with Gasteiger partial charge in [0.15, 0.2) is 0 Å². The van der Waals surface area contributed by atoms with Crippen LogP contribution in [0.1, 0.15) is 25.7 Å². The number of anilines is 1. The van der Waals surface area contributed by atoms with Gasteiger partial charge in [-0.05, 0) is 49.9 Å². The summed E-state index contributed by atoms with van der Waals surface area (Å²) in [6.07, 6.45) is 3.08. The highest BCUT2D eigenvalue weighted by molar-refractivity contribution is 6.30. The van der Waals surface area contributed by atoms with Crippen molar-refractivity contribution in [1.29, 1.82) is 0 Å². The van der Waals surface area contributed by atoms with E-state index in [4.69, 9.17) is 22.1 Å². The Labute approximate surface area is 111 Å². The summed E-state index contributed by atoms with van der Waals surface area (Å²) in [5.74, 6) is 0. The SMILES string of the molecule is NC1CCC(OC(=O)Nc2ccc(Cl)cc2)CC1. The molecule has 1 aromatic carbocycles. The minimum absolute atomic E-state index is 0.0166. The summed E-state index contributed by atoms with van der Waals surface area (Å²) in [5.41, 5.74) is 6.47. The van der Waals surface area contributed by atoms with E-state index >= 15 is 0 Å². The standard InChI is InChI=1S/C13H17ClN2O2/c14-9-1-5-11(6-2-9)16-13(17)18-12-7-3-10(15)4-8-12/h1-2,5-6,10,12H,3-4,7-8,15H2,(H,16,17). The maximum atomic E-state index is 11.6. The lowest BCUT2D eigenvalue weighted by Gasteiger charge is -2.25. The van der Waals surface area contributed by atoms with E-state index in [1.807, 2.05) is 0 Å². The van der Waals surface area contributed by atoms with E-state index < -0.39 is 6.09 Å². The minimum atomic E-state index is -0.419. The Balaban J connectivity index is 1.80. The Hall–Kier alpha value is -1.26. The van der Waals surface area contributed by atoms with Crippen molar-refractivity contribution in [1.82, 2.24) is 0 Å². The molecule has 1 fully saturated rings. The van der Waals surface area contributed by atoms with Crippen molar-refractivity contribution in [3.8, 4) is 0 Å². The molecule has 1 aliphatic rings. The lowest BCUT2D eigenvalue weighted by molar-refractivity contribution is 0.0826. The summed E-state index contributed by atoms with van der Waals surface area (Å²) < 4.78 is 5.34. The number of carbonyl (C=O) groups excluding carboxylic acids is 1. The molecule has 0 saturated heterocycles. The highest BCUT2D eigenvalue weighted by Gasteiger charge is 2.21.